The molecule has 1 heterocycles. The van der Waals surface area contributed by atoms with Crippen molar-refractivity contribution < 1.29 is 13.2 Å². The highest BCUT2D eigenvalue weighted by atomic mass is 32.2. The van der Waals surface area contributed by atoms with E-state index in [1.54, 1.807) is 16.7 Å². The molecule has 0 aromatic rings. The summed E-state index contributed by atoms with van der Waals surface area (Å²) in [5.41, 5.74) is 5.85. The average Bonchev–Trinajstić information content (AvgIpc) is 2.34. The molecule has 112 valence electrons. The third-order valence-corrected chi connectivity index (χ3v) is 4.54. The van der Waals surface area contributed by atoms with Gasteiger partial charge in [0.1, 0.15) is 0 Å². The maximum absolute atomic E-state index is 12.0. The molecule has 0 bridgehead atoms. The number of nitrogens with zero attached hydrogens (tertiary/aromatic N) is 1. The molecule has 0 aliphatic carbocycles. The molecule has 6 nitrogen and oxygen atoms in total. The topological polar surface area (TPSA) is 92.5 Å². The summed E-state index contributed by atoms with van der Waals surface area (Å²) in [4.78, 5) is 13.8. The number of piperidine rings is 1. The van der Waals surface area contributed by atoms with E-state index in [1.807, 2.05) is 6.26 Å². The molecule has 8 heteroatoms. The zero-order chi connectivity index (χ0) is 14.5. The Morgan fingerprint density at radius 3 is 2.53 bits per heavy atom. The van der Waals surface area contributed by atoms with Crippen molar-refractivity contribution in [3.05, 3.63) is 0 Å². The summed E-state index contributed by atoms with van der Waals surface area (Å²) in [6, 6.07) is -0.506. The first kappa shape index (κ1) is 16.7. The lowest BCUT2D eigenvalue weighted by atomic mass is 10.0. The fourth-order valence-corrected chi connectivity index (χ4v) is 3.45. The first-order valence-electron chi connectivity index (χ1n) is 6.34. The average molecular weight is 309 g/mol. The zero-order valence-electron chi connectivity index (χ0n) is 11.5. The molecular formula is C11H23N3O3S2. The largest absolute Gasteiger partial charge is 0.341 e. The number of hydrogen-bond acceptors (Lipinski definition) is 5. The summed E-state index contributed by atoms with van der Waals surface area (Å²) >= 11 is 1.67. The fraction of sp³-hybridized carbons (Fsp3) is 0.909. The van der Waals surface area contributed by atoms with E-state index in [1.165, 1.54) is 0 Å². The lowest BCUT2D eigenvalue weighted by Crippen LogP contribution is -2.50. The molecule has 0 saturated carbocycles. The van der Waals surface area contributed by atoms with Gasteiger partial charge in [-0.1, -0.05) is 0 Å². The van der Waals surface area contributed by atoms with Crippen LogP contribution in [0.15, 0.2) is 0 Å². The van der Waals surface area contributed by atoms with E-state index in [0.717, 1.165) is 12.0 Å². The van der Waals surface area contributed by atoms with Gasteiger partial charge in [-0.3, -0.25) is 4.79 Å². The molecule has 19 heavy (non-hydrogen) atoms. The molecule has 1 saturated heterocycles. The van der Waals surface area contributed by atoms with Gasteiger partial charge in [-0.25, -0.2) is 13.1 Å². The predicted octanol–water partition coefficient (Wildman–Crippen LogP) is -0.393. The number of likely N-dealkylation sites (tertiary alicyclic amines) is 1. The van der Waals surface area contributed by atoms with E-state index in [2.05, 4.69) is 4.72 Å². The molecule has 1 fully saturated rings. The van der Waals surface area contributed by atoms with Crippen LogP contribution in [0.3, 0.4) is 0 Å². The van der Waals surface area contributed by atoms with Crippen molar-refractivity contribution in [1.29, 1.82) is 0 Å². The maximum atomic E-state index is 12.0. The van der Waals surface area contributed by atoms with Gasteiger partial charge in [-0.15, -0.1) is 0 Å². The lowest BCUT2D eigenvalue weighted by Gasteiger charge is -2.33. The first-order valence-corrected chi connectivity index (χ1v) is 9.62. The standard InChI is InChI=1S/C11H23N3O3S2/c1-18-8-5-10(12)11(15)14-6-3-9(4-7-14)13-19(2,16)17/h9-10,13H,3-8,12H2,1-2H3/t10-/m1/s1. The van der Waals surface area contributed by atoms with Crippen LogP contribution in [0.5, 0.6) is 0 Å². The van der Waals surface area contributed by atoms with Crippen LogP contribution in [-0.4, -0.2) is 62.7 Å². The molecule has 1 aliphatic rings. The summed E-state index contributed by atoms with van der Waals surface area (Å²) in [5, 5.41) is 0. The Labute approximate surface area is 119 Å². The molecule has 0 spiro atoms. The van der Waals surface area contributed by atoms with Crippen LogP contribution in [0.25, 0.3) is 0 Å². The number of carbonyl (C=O) groups is 1. The number of amides is 1. The highest BCUT2D eigenvalue weighted by molar-refractivity contribution is 7.98. The molecule has 1 atom stereocenters. The highest BCUT2D eigenvalue weighted by Crippen LogP contribution is 2.13. The lowest BCUT2D eigenvalue weighted by molar-refractivity contribution is -0.133. The Morgan fingerprint density at radius 1 is 1.47 bits per heavy atom. The molecule has 0 aromatic heterocycles. The normalized spacial score (nSPS) is 19.4. The highest BCUT2D eigenvalue weighted by Gasteiger charge is 2.27. The fourth-order valence-electron chi connectivity index (χ4n) is 2.12. The van der Waals surface area contributed by atoms with Gasteiger partial charge in [-0.05, 0) is 31.3 Å². The number of rotatable bonds is 6. The summed E-state index contributed by atoms with van der Waals surface area (Å²) in [7, 11) is -3.17. The molecule has 0 unspecified atom stereocenters. The van der Waals surface area contributed by atoms with E-state index >= 15 is 0 Å². The second kappa shape index (κ2) is 7.47. The van der Waals surface area contributed by atoms with Gasteiger partial charge in [0.2, 0.25) is 15.9 Å². The van der Waals surface area contributed by atoms with Crippen LogP contribution in [0.2, 0.25) is 0 Å². The van der Waals surface area contributed by atoms with Crippen LogP contribution < -0.4 is 10.5 Å². The quantitative estimate of drug-likeness (QED) is 0.697. The van der Waals surface area contributed by atoms with Crippen molar-refractivity contribution in [2.45, 2.75) is 31.3 Å². The van der Waals surface area contributed by atoms with Crippen molar-refractivity contribution in [3.8, 4) is 0 Å². The van der Waals surface area contributed by atoms with Gasteiger partial charge in [-0.2, -0.15) is 11.8 Å². The third kappa shape index (κ3) is 6.11. The van der Waals surface area contributed by atoms with Gasteiger partial charge in [0.25, 0.3) is 0 Å². The summed E-state index contributed by atoms with van der Waals surface area (Å²) < 4.78 is 24.8. The molecule has 0 radical (unpaired) electrons. The predicted molar refractivity (Wildman–Crippen MR) is 78.6 cm³/mol. The minimum atomic E-state index is -3.17. The minimum Gasteiger partial charge on any atom is -0.341 e. The molecule has 1 rings (SSSR count). The first-order chi connectivity index (χ1) is 8.83. The van der Waals surface area contributed by atoms with E-state index in [0.29, 0.717) is 32.4 Å². The molecule has 3 N–H and O–H groups in total. The van der Waals surface area contributed by atoms with Crippen LogP contribution in [0, 0.1) is 0 Å². The van der Waals surface area contributed by atoms with Gasteiger partial charge in [0, 0.05) is 19.1 Å². The smallest absolute Gasteiger partial charge is 0.239 e. The van der Waals surface area contributed by atoms with E-state index in [4.69, 9.17) is 5.73 Å². The van der Waals surface area contributed by atoms with Crippen LogP contribution in [-0.2, 0) is 14.8 Å². The number of thioether (sulfide) groups is 1. The second-order valence-electron chi connectivity index (χ2n) is 4.88. The van der Waals surface area contributed by atoms with E-state index in [9.17, 15) is 13.2 Å². The van der Waals surface area contributed by atoms with Crippen molar-refractivity contribution >= 4 is 27.7 Å². The summed E-state index contributed by atoms with van der Waals surface area (Å²) in [6.45, 7) is 1.14. The molecular weight excluding hydrogens is 286 g/mol. The van der Waals surface area contributed by atoms with E-state index in [-0.39, 0.29) is 11.9 Å². The number of sulfonamides is 1. The third-order valence-electron chi connectivity index (χ3n) is 3.14. The van der Waals surface area contributed by atoms with Gasteiger partial charge < -0.3 is 10.6 Å². The van der Waals surface area contributed by atoms with E-state index < -0.39 is 16.1 Å². The Morgan fingerprint density at radius 2 is 2.05 bits per heavy atom. The Balaban J connectivity index is 2.38. The monoisotopic (exact) mass is 309 g/mol. The van der Waals surface area contributed by atoms with Gasteiger partial charge in [0.05, 0.1) is 12.3 Å². The SMILES string of the molecule is CSCC[C@@H](N)C(=O)N1CCC(NS(C)(=O)=O)CC1. The summed E-state index contributed by atoms with van der Waals surface area (Å²) in [5.74, 6) is 0.853. The number of carbonyl (C=O) groups excluding carboxylic acids is 1. The van der Waals surface area contributed by atoms with Crippen molar-refractivity contribution in [3.63, 3.8) is 0 Å². The number of nitrogens with one attached hydrogen (secondary N) is 1. The maximum Gasteiger partial charge on any atom is 0.239 e. The Bertz CT molecular complexity index is 392. The number of hydrogen-bond donors (Lipinski definition) is 2. The van der Waals surface area contributed by atoms with Gasteiger partial charge in [0.15, 0.2) is 0 Å². The van der Waals surface area contributed by atoms with Crippen molar-refractivity contribution in [2.24, 2.45) is 5.73 Å². The summed E-state index contributed by atoms with van der Waals surface area (Å²) in [6.07, 6.45) is 5.12. The van der Waals surface area contributed by atoms with Crippen LogP contribution >= 0.6 is 11.8 Å². The van der Waals surface area contributed by atoms with Crippen LogP contribution in [0.1, 0.15) is 19.3 Å². The van der Waals surface area contributed by atoms with Crippen molar-refractivity contribution in [2.75, 3.05) is 31.4 Å². The van der Waals surface area contributed by atoms with Crippen molar-refractivity contribution in [1.82, 2.24) is 9.62 Å². The molecule has 0 aromatic carbocycles. The number of nitrogens with two attached hydrogens (primary N) is 1. The Hall–Kier alpha value is -0.310. The minimum absolute atomic E-state index is 0.0214. The Kier molecular flexibility index (Phi) is 6.58. The second-order valence-corrected chi connectivity index (χ2v) is 7.64. The zero-order valence-corrected chi connectivity index (χ0v) is 13.1. The molecule has 1 aliphatic heterocycles. The van der Waals surface area contributed by atoms with Gasteiger partial charge >= 0.3 is 0 Å². The van der Waals surface area contributed by atoms with Crippen LogP contribution in [0.4, 0.5) is 0 Å². The molecule has 1 amide bonds.